The summed E-state index contributed by atoms with van der Waals surface area (Å²) in [5.41, 5.74) is 1.42. The molecule has 0 aliphatic rings. The molecule has 0 bridgehead atoms. The third-order valence-electron chi connectivity index (χ3n) is 8.75. The molecule has 0 amide bonds. The van der Waals surface area contributed by atoms with Crippen molar-refractivity contribution >= 4 is 0 Å². The largest absolute Gasteiger partial charge is 0.508 e. The van der Waals surface area contributed by atoms with Gasteiger partial charge in [0.05, 0.1) is 0 Å². The zero-order valence-electron chi connectivity index (χ0n) is 25.6. The number of aromatic hydroxyl groups is 1. The number of para-hydroxylation sites is 1. The lowest BCUT2D eigenvalue weighted by Crippen LogP contribution is -2.27. The van der Waals surface area contributed by atoms with Gasteiger partial charge in [0.2, 0.25) is 0 Å². The van der Waals surface area contributed by atoms with Gasteiger partial charge in [0, 0.05) is 5.56 Å². The molecule has 1 rings (SSSR count). The smallest absolute Gasteiger partial charge is 0.119 e. The van der Waals surface area contributed by atoms with Crippen LogP contribution in [-0.4, -0.2) is 5.11 Å². The molecule has 37 heavy (non-hydrogen) atoms. The van der Waals surface area contributed by atoms with E-state index in [0.717, 1.165) is 0 Å². The molecule has 0 radical (unpaired) electrons. The first-order chi connectivity index (χ1) is 18.2. The minimum absolute atomic E-state index is 0.166. The average Bonchev–Trinajstić information content (AvgIpc) is 2.91. The maximum atomic E-state index is 11.0. The Hall–Kier alpha value is -0.980. The molecule has 1 aromatic carbocycles. The van der Waals surface area contributed by atoms with Gasteiger partial charge in [-0.25, -0.2) is 0 Å². The number of phenolic OH excluding ortho intramolecular Hbond substituents is 1. The molecule has 0 spiro atoms. The van der Waals surface area contributed by atoms with E-state index in [1.165, 1.54) is 173 Å². The molecule has 0 aliphatic heterocycles. The Labute approximate surface area is 233 Å². The van der Waals surface area contributed by atoms with Gasteiger partial charge in [-0.15, -0.1) is 0 Å². The van der Waals surface area contributed by atoms with Gasteiger partial charge in [0.15, 0.2) is 0 Å². The average molecular weight is 515 g/mol. The van der Waals surface area contributed by atoms with Crippen LogP contribution in [0, 0.1) is 0 Å². The van der Waals surface area contributed by atoms with Crippen LogP contribution in [0.1, 0.15) is 193 Å². The molecule has 0 saturated carbocycles. The van der Waals surface area contributed by atoms with Gasteiger partial charge in [-0.3, -0.25) is 0 Å². The monoisotopic (exact) mass is 515 g/mol. The van der Waals surface area contributed by atoms with Crippen LogP contribution in [0.5, 0.6) is 5.75 Å². The molecule has 0 unspecified atom stereocenters. The Bertz CT molecular complexity index is 588. The molecule has 0 saturated heterocycles. The summed E-state index contributed by atoms with van der Waals surface area (Å²) in [6.07, 6.45) is 35.4. The maximum absolute atomic E-state index is 11.0. The summed E-state index contributed by atoms with van der Waals surface area (Å²) in [7, 11) is 0. The number of hydrogen-bond acceptors (Lipinski definition) is 1. The summed E-state index contributed by atoms with van der Waals surface area (Å²) < 4.78 is 0. The number of hydrogen-bond donors (Lipinski definition) is 1. The topological polar surface area (TPSA) is 20.2 Å². The summed E-state index contributed by atoms with van der Waals surface area (Å²) in [6.45, 7) is 6.91. The van der Waals surface area contributed by atoms with E-state index in [2.05, 4.69) is 32.9 Å². The molecular formula is C36H66O. The summed E-state index contributed by atoms with van der Waals surface area (Å²) in [5, 5.41) is 11.0. The predicted molar refractivity (Wildman–Crippen MR) is 167 cm³/mol. The third kappa shape index (κ3) is 16.6. The first-order valence-corrected chi connectivity index (χ1v) is 17.0. The van der Waals surface area contributed by atoms with Crippen LogP contribution in [-0.2, 0) is 5.41 Å². The summed E-state index contributed by atoms with van der Waals surface area (Å²) >= 11 is 0. The number of benzene rings is 1. The van der Waals surface area contributed by atoms with Crippen LogP contribution in [0.4, 0.5) is 0 Å². The van der Waals surface area contributed by atoms with E-state index in [9.17, 15) is 5.11 Å². The van der Waals surface area contributed by atoms with Crippen LogP contribution in [0.3, 0.4) is 0 Å². The van der Waals surface area contributed by atoms with Crippen molar-refractivity contribution in [3.63, 3.8) is 0 Å². The lowest BCUT2D eigenvalue weighted by atomic mass is 9.69. The van der Waals surface area contributed by atoms with Crippen molar-refractivity contribution < 1.29 is 5.11 Å². The third-order valence-corrected chi connectivity index (χ3v) is 8.75. The first kappa shape index (κ1) is 34.0. The Morgan fingerprint density at radius 3 is 1.05 bits per heavy atom. The molecule has 0 heterocycles. The summed E-state index contributed by atoms with van der Waals surface area (Å²) in [6, 6.07) is 8.36. The van der Waals surface area contributed by atoms with Gasteiger partial charge < -0.3 is 5.11 Å². The number of rotatable bonds is 27. The highest BCUT2D eigenvalue weighted by molar-refractivity contribution is 5.38. The second-order valence-electron chi connectivity index (χ2n) is 12.1. The molecule has 0 aliphatic carbocycles. The Kier molecular flexibility index (Phi) is 22.2. The maximum Gasteiger partial charge on any atom is 0.119 e. The van der Waals surface area contributed by atoms with Crippen LogP contribution in [0.2, 0.25) is 0 Å². The van der Waals surface area contributed by atoms with Crippen molar-refractivity contribution in [1.29, 1.82) is 0 Å². The van der Waals surface area contributed by atoms with Crippen molar-refractivity contribution in [3.05, 3.63) is 29.8 Å². The van der Waals surface area contributed by atoms with Gasteiger partial charge in [-0.1, -0.05) is 187 Å². The van der Waals surface area contributed by atoms with E-state index in [-0.39, 0.29) is 5.41 Å². The Balaban J connectivity index is 2.72. The van der Waals surface area contributed by atoms with Gasteiger partial charge in [0.25, 0.3) is 0 Å². The molecule has 0 aromatic heterocycles. The molecule has 1 N–H and O–H groups in total. The van der Waals surface area contributed by atoms with Gasteiger partial charge in [0.1, 0.15) is 5.75 Å². The molecule has 1 nitrogen and oxygen atoms in total. The highest BCUT2D eigenvalue weighted by Gasteiger charge is 2.33. The number of unbranched alkanes of at least 4 members (excludes halogenated alkanes) is 20. The summed E-state index contributed by atoms with van der Waals surface area (Å²) in [4.78, 5) is 0. The molecule has 0 atom stereocenters. The molecule has 1 heteroatoms. The molecular weight excluding hydrogens is 448 g/mol. The Morgan fingerprint density at radius 1 is 0.432 bits per heavy atom. The van der Waals surface area contributed by atoms with Crippen molar-refractivity contribution in [2.45, 2.75) is 193 Å². The Morgan fingerprint density at radius 2 is 0.730 bits per heavy atom. The quantitative estimate of drug-likeness (QED) is 0.116. The van der Waals surface area contributed by atoms with E-state index in [0.29, 0.717) is 5.75 Å². The van der Waals surface area contributed by atoms with E-state index in [1.54, 1.807) is 0 Å². The van der Waals surface area contributed by atoms with Crippen molar-refractivity contribution in [2.24, 2.45) is 0 Å². The zero-order chi connectivity index (χ0) is 26.9. The lowest BCUT2D eigenvalue weighted by molar-refractivity contribution is 0.289. The van der Waals surface area contributed by atoms with Crippen molar-refractivity contribution in [1.82, 2.24) is 0 Å². The van der Waals surface area contributed by atoms with E-state index in [4.69, 9.17) is 0 Å². The van der Waals surface area contributed by atoms with E-state index < -0.39 is 0 Å². The van der Waals surface area contributed by atoms with Crippen LogP contribution in [0.15, 0.2) is 24.3 Å². The van der Waals surface area contributed by atoms with E-state index >= 15 is 0 Å². The lowest BCUT2D eigenvalue weighted by Gasteiger charge is -2.36. The molecule has 216 valence electrons. The van der Waals surface area contributed by atoms with Crippen molar-refractivity contribution in [3.8, 4) is 5.75 Å². The van der Waals surface area contributed by atoms with Crippen LogP contribution >= 0.6 is 0 Å². The zero-order valence-corrected chi connectivity index (χ0v) is 25.6. The highest BCUT2D eigenvalue weighted by Crippen LogP contribution is 2.44. The fraction of sp³-hybridized carbons (Fsp3) is 0.833. The fourth-order valence-electron chi connectivity index (χ4n) is 6.32. The van der Waals surface area contributed by atoms with E-state index in [1.807, 2.05) is 12.1 Å². The minimum atomic E-state index is 0.166. The van der Waals surface area contributed by atoms with Gasteiger partial charge in [-0.05, 0) is 30.7 Å². The molecule has 1 aromatic rings. The minimum Gasteiger partial charge on any atom is -0.508 e. The van der Waals surface area contributed by atoms with Crippen LogP contribution in [0.25, 0.3) is 0 Å². The SMILES string of the molecule is CCCCCCCCCCCC(CCCCCCCCC)(CCCCCCCCC)c1ccccc1O. The fourth-order valence-corrected chi connectivity index (χ4v) is 6.32. The second-order valence-corrected chi connectivity index (χ2v) is 12.1. The first-order valence-electron chi connectivity index (χ1n) is 17.0. The van der Waals surface area contributed by atoms with Gasteiger partial charge in [-0.2, -0.15) is 0 Å². The highest BCUT2D eigenvalue weighted by atomic mass is 16.3. The summed E-state index contributed by atoms with van der Waals surface area (Å²) in [5.74, 6) is 0.546. The molecule has 0 fully saturated rings. The van der Waals surface area contributed by atoms with Gasteiger partial charge >= 0.3 is 0 Å². The number of phenols is 1. The normalized spacial score (nSPS) is 11.9. The second kappa shape index (κ2) is 24.1. The van der Waals surface area contributed by atoms with Crippen molar-refractivity contribution in [2.75, 3.05) is 0 Å². The standard InChI is InChI=1S/C36H66O/c1-4-7-10-13-16-17-20-23-28-33-36(34-29-24-25-30-35(34)37,31-26-21-18-14-11-8-5-2)32-27-22-19-15-12-9-6-3/h24-25,29-30,37H,4-23,26-28,31-33H2,1-3H3. The van der Waals surface area contributed by atoms with Crippen LogP contribution < -0.4 is 0 Å². The predicted octanol–water partition coefficient (Wildman–Crippen LogP) is 12.8.